The van der Waals surface area contributed by atoms with Crippen LogP contribution in [0.4, 0.5) is 5.69 Å². The number of amides is 3. The number of carbonyl (C=O) groups excluding carboxylic acids is 3. The Labute approximate surface area is 250 Å². The van der Waals surface area contributed by atoms with Crippen molar-refractivity contribution in [2.24, 2.45) is 11.8 Å². The van der Waals surface area contributed by atoms with Gasteiger partial charge in [0, 0.05) is 25.1 Å². The van der Waals surface area contributed by atoms with E-state index >= 15 is 0 Å². The third-order valence-electron chi connectivity index (χ3n) is 6.96. The van der Waals surface area contributed by atoms with Crippen LogP contribution >= 0.6 is 0 Å². The van der Waals surface area contributed by atoms with E-state index in [-0.39, 0.29) is 35.5 Å². The van der Waals surface area contributed by atoms with Gasteiger partial charge in [0.15, 0.2) is 0 Å². The summed E-state index contributed by atoms with van der Waals surface area (Å²) in [7, 11) is -2.06. The van der Waals surface area contributed by atoms with Crippen molar-refractivity contribution in [3.8, 4) is 0 Å². The smallest absolute Gasteiger partial charge is 0.251 e. The number of hydrogen-bond acceptors (Lipinski definition) is 6. The SMILES string of the molecule is CCCS(=O)(=O)N(C)c1cccc(C(=O)N[C@@H](CC(C)C)[C@@H](O)C[C@@H](C)C(=O)N[C@@H](C)C(=O)NCc2ccccc2)c1. The Hall–Kier alpha value is -3.44. The van der Waals surface area contributed by atoms with Gasteiger partial charge in [-0.2, -0.15) is 0 Å². The highest BCUT2D eigenvalue weighted by Crippen LogP contribution is 2.20. The molecule has 0 radical (unpaired) electrons. The second-order valence-electron chi connectivity index (χ2n) is 11.2. The van der Waals surface area contributed by atoms with Crippen molar-refractivity contribution in [3.63, 3.8) is 0 Å². The topological polar surface area (TPSA) is 145 Å². The fraction of sp³-hybridized carbons (Fsp3) is 0.516. The molecule has 2 rings (SSSR count). The zero-order valence-corrected chi connectivity index (χ0v) is 26.3. The summed E-state index contributed by atoms with van der Waals surface area (Å²) in [6.07, 6.45) is -0.0300. The molecule has 3 amide bonds. The number of aliphatic hydroxyl groups excluding tert-OH is 1. The molecular weight excluding hydrogens is 556 g/mol. The Morgan fingerprint density at radius 1 is 0.905 bits per heavy atom. The highest BCUT2D eigenvalue weighted by Gasteiger charge is 2.28. The second kappa shape index (κ2) is 16.3. The average Bonchev–Trinajstić information content (AvgIpc) is 2.95. The third-order valence-corrected chi connectivity index (χ3v) is 8.93. The van der Waals surface area contributed by atoms with Crippen molar-refractivity contribution in [2.75, 3.05) is 17.1 Å². The van der Waals surface area contributed by atoms with Crippen molar-refractivity contribution in [1.82, 2.24) is 16.0 Å². The van der Waals surface area contributed by atoms with Gasteiger partial charge in [-0.05, 0) is 55.9 Å². The monoisotopic (exact) mass is 602 g/mol. The van der Waals surface area contributed by atoms with E-state index in [1.165, 1.54) is 13.1 Å². The molecule has 10 nitrogen and oxygen atoms in total. The van der Waals surface area contributed by atoms with E-state index in [4.69, 9.17) is 0 Å². The van der Waals surface area contributed by atoms with E-state index in [1.54, 1.807) is 39.0 Å². The number of sulfonamides is 1. The first-order valence-corrected chi connectivity index (χ1v) is 16.0. The van der Waals surface area contributed by atoms with Gasteiger partial charge in [-0.1, -0.05) is 64.1 Å². The summed E-state index contributed by atoms with van der Waals surface area (Å²) >= 11 is 0. The number of anilines is 1. The van der Waals surface area contributed by atoms with Gasteiger partial charge in [0.1, 0.15) is 6.04 Å². The van der Waals surface area contributed by atoms with Crippen LogP contribution in [-0.4, -0.2) is 62.2 Å². The molecule has 0 unspecified atom stereocenters. The fourth-order valence-corrected chi connectivity index (χ4v) is 5.69. The summed E-state index contributed by atoms with van der Waals surface area (Å²) in [6.45, 7) is 9.32. The van der Waals surface area contributed by atoms with E-state index < -0.39 is 40.0 Å². The number of nitrogens with one attached hydrogen (secondary N) is 3. The Morgan fingerprint density at radius 2 is 1.57 bits per heavy atom. The van der Waals surface area contributed by atoms with Crippen LogP contribution in [0.1, 0.15) is 69.8 Å². The summed E-state index contributed by atoms with van der Waals surface area (Å²) in [5, 5.41) is 19.5. The van der Waals surface area contributed by atoms with Gasteiger partial charge < -0.3 is 21.1 Å². The number of hydrogen-bond donors (Lipinski definition) is 4. The molecule has 0 aromatic heterocycles. The number of nitrogens with zero attached hydrogens (tertiary/aromatic N) is 1. The predicted octanol–water partition coefficient (Wildman–Crippen LogP) is 3.22. The minimum absolute atomic E-state index is 0.00845. The Morgan fingerprint density at radius 3 is 2.19 bits per heavy atom. The molecule has 0 spiro atoms. The molecular formula is C31H46N4O6S. The molecule has 0 heterocycles. The van der Waals surface area contributed by atoms with Gasteiger partial charge in [-0.3, -0.25) is 18.7 Å². The van der Waals surface area contributed by atoms with Crippen LogP contribution in [0.3, 0.4) is 0 Å². The molecule has 232 valence electrons. The number of rotatable bonds is 16. The predicted molar refractivity (Wildman–Crippen MR) is 165 cm³/mol. The average molecular weight is 603 g/mol. The van der Waals surface area contributed by atoms with Gasteiger partial charge in [0.05, 0.1) is 23.6 Å². The molecule has 0 saturated carbocycles. The summed E-state index contributed by atoms with van der Waals surface area (Å²) in [5.74, 6) is -1.65. The fourth-order valence-electron chi connectivity index (χ4n) is 4.46. The Kier molecular flexibility index (Phi) is 13.5. The van der Waals surface area contributed by atoms with Crippen LogP contribution < -0.4 is 20.3 Å². The molecule has 4 atom stereocenters. The molecule has 2 aromatic rings. The van der Waals surface area contributed by atoms with Crippen LogP contribution in [0.25, 0.3) is 0 Å². The van der Waals surface area contributed by atoms with Crippen molar-refractivity contribution in [2.45, 2.75) is 78.6 Å². The first-order valence-electron chi connectivity index (χ1n) is 14.4. The maximum atomic E-state index is 13.2. The first-order chi connectivity index (χ1) is 19.7. The van der Waals surface area contributed by atoms with Crippen molar-refractivity contribution >= 4 is 33.4 Å². The lowest BCUT2D eigenvalue weighted by atomic mass is 9.92. The molecule has 0 aliphatic heterocycles. The summed E-state index contributed by atoms with van der Waals surface area (Å²) in [4.78, 5) is 38.5. The third kappa shape index (κ3) is 10.8. The molecule has 42 heavy (non-hydrogen) atoms. The minimum atomic E-state index is -3.51. The lowest BCUT2D eigenvalue weighted by molar-refractivity contribution is -0.131. The summed E-state index contributed by atoms with van der Waals surface area (Å²) in [5.41, 5.74) is 1.57. The van der Waals surface area contributed by atoms with E-state index in [1.807, 2.05) is 44.2 Å². The number of carbonyl (C=O) groups is 3. The van der Waals surface area contributed by atoms with Gasteiger partial charge in [-0.15, -0.1) is 0 Å². The first kappa shape index (κ1) is 34.8. The number of benzene rings is 2. The lowest BCUT2D eigenvalue weighted by Crippen LogP contribution is -2.48. The van der Waals surface area contributed by atoms with Gasteiger partial charge in [0.2, 0.25) is 21.8 Å². The van der Waals surface area contributed by atoms with E-state index in [0.29, 0.717) is 25.1 Å². The quantitative estimate of drug-likeness (QED) is 0.232. The molecule has 0 saturated heterocycles. The molecule has 11 heteroatoms. The second-order valence-corrected chi connectivity index (χ2v) is 13.3. The van der Waals surface area contributed by atoms with Crippen molar-refractivity contribution < 1.29 is 27.9 Å². The maximum absolute atomic E-state index is 13.2. The zero-order chi connectivity index (χ0) is 31.4. The summed E-state index contributed by atoms with van der Waals surface area (Å²) in [6, 6.07) is 14.3. The van der Waals surface area contributed by atoms with Crippen molar-refractivity contribution in [3.05, 3.63) is 65.7 Å². The van der Waals surface area contributed by atoms with Crippen LogP contribution in [-0.2, 0) is 26.2 Å². The molecule has 0 fully saturated rings. The number of aliphatic hydroxyl groups is 1. The largest absolute Gasteiger partial charge is 0.391 e. The van der Waals surface area contributed by atoms with Crippen LogP contribution in [0, 0.1) is 11.8 Å². The molecule has 0 aliphatic carbocycles. The Bertz CT molecular complexity index is 1290. The summed E-state index contributed by atoms with van der Waals surface area (Å²) < 4.78 is 26.1. The molecule has 2 aromatic carbocycles. The normalized spacial score (nSPS) is 14.4. The van der Waals surface area contributed by atoms with Crippen molar-refractivity contribution in [1.29, 1.82) is 0 Å². The van der Waals surface area contributed by atoms with E-state index in [9.17, 15) is 27.9 Å². The van der Waals surface area contributed by atoms with Crippen LogP contribution in [0.15, 0.2) is 54.6 Å². The van der Waals surface area contributed by atoms with Crippen LogP contribution in [0.5, 0.6) is 0 Å². The highest BCUT2D eigenvalue weighted by molar-refractivity contribution is 7.92. The zero-order valence-electron chi connectivity index (χ0n) is 25.5. The van der Waals surface area contributed by atoms with E-state index in [0.717, 1.165) is 9.87 Å². The van der Waals surface area contributed by atoms with Gasteiger partial charge in [-0.25, -0.2) is 8.42 Å². The lowest BCUT2D eigenvalue weighted by Gasteiger charge is -2.28. The Balaban J connectivity index is 2.01. The highest BCUT2D eigenvalue weighted by atomic mass is 32.2. The standard InChI is InChI=1S/C31H46N4O6S/c1-7-16-42(40,41)35(6)26-15-11-14-25(19-26)31(39)34-27(17-21(2)3)28(36)18-22(4)29(37)33-23(5)30(38)32-20-24-12-9-8-10-13-24/h8-15,19,21-23,27-28,36H,7,16-18,20H2,1-6H3,(H,32,38)(H,33,37)(H,34,39)/t22-,23+,27+,28+/m1/s1. The van der Waals surface area contributed by atoms with Gasteiger partial charge in [0.25, 0.3) is 5.91 Å². The maximum Gasteiger partial charge on any atom is 0.251 e. The van der Waals surface area contributed by atoms with E-state index in [2.05, 4.69) is 16.0 Å². The van der Waals surface area contributed by atoms with Crippen LogP contribution in [0.2, 0.25) is 0 Å². The van der Waals surface area contributed by atoms with Gasteiger partial charge >= 0.3 is 0 Å². The molecule has 4 N–H and O–H groups in total. The molecule has 0 aliphatic rings. The minimum Gasteiger partial charge on any atom is -0.391 e. The molecule has 0 bridgehead atoms.